The Hall–Kier alpha value is -0.460. The predicted octanol–water partition coefficient (Wildman–Crippen LogP) is 1.48. The van der Waals surface area contributed by atoms with Crippen molar-refractivity contribution in [3.8, 4) is 0 Å². The molecule has 0 saturated heterocycles. The molecule has 8 heavy (non-hydrogen) atoms. The highest BCUT2D eigenvalue weighted by Crippen LogP contribution is 2.08. The topological polar surface area (TPSA) is 12.0 Å². The third kappa shape index (κ3) is 1.03. The Morgan fingerprint density at radius 2 is 2.50 bits per heavy atom. The van der Waals surface area contributed by atoms with E-state index < -0.39 is 0 Å². The first-order valence-electron chi connectivity index (χ1n) is 3.11. The van der Waals surface area contributed by atoms with Crippen LogP contribution in [0.3, 0.4) is 0 Å². The summed E-state index contributed by atoms with van der Waals surface area (Å²) in [5, 5.41) is 3.31. The van der Waals surface area contributed by atoms with Gasteiger partial charge >= 0.3 is 0 Å². The molecule has 1 N–H and O–H groups in total. The molecule has 0 spiro atoms. The second-order valence-electron chi connectivity index (χ2n) is 2.20. The maximum absolute atomic E-state index is 3.31. The number of hydrogen-bond acceptors (Lipinski definition) is 1. The van der Waals surface area contributed by atoms with E-state index in [1.807, 2.05) is 0 Å². The van der Waals surface area contributed by atoms with E-state index in [1.54, 1.807) is 0 Å². The minimum absolute atomic E-state index is 0.606. The van der Waals surface area contributed by atoms with Gasteiger partial charge in [-0.15, -0.1) is 0 Å². The van der Waals surface area contributed by atoms with Crippen LogP contribution in [0.15, 0.2) is 11.8 Å². The van der Waals surface area contributed by atoms with Crippen LogP contribution in [-0.2, 0) is 0 Å². The molecule has 0 fully saturated rings. The quantitative estimate of drug-likeness (QED) is 0.539. The van der Waals surface area contributed by atoms with Crippen LogP contribution < -0.4 is 5.32 Å². The van der Waals surface area contributed by atoms with Crippen LogP contribution in [0.4, 0.5) is 0 Å². The molecular weight excluding hydrogens is 98.1 g/mol. The molecule has 1 radical (unpaired) electrons. The summed E-state index contributed by atoms with van der Waals surface area (Å²) in [5.74, 6) is 0. The lowest BCUT2D eigenvalue weighted by Gasteiger charge is -2.06. The van der Waals surface area contributed by atoms with E-state index in [1.165, 1.54) is 12.1 Å². The summed E-state index contributed by atoms with van der Waals surface area (Å²) in [4.78, 5) is 0. The van der Waals surface area contributed by atoms with E-state index in [0.29, 0.717) is 6.04 Å². The minimum atomic E-state index is 0.606. The molecule has 0 aromatic carbocycles. The standard InChI is InChI=1S/C7H12N/c1-3-7-5-4-6(2)8-7/h4-5,7-8H,3H2,1-2H3. The molecule has 45 valence electrons. The lowest BCUT2D eigenvalue weighted by Crippen LogP contribution is -2.20. The second kappa shape index (κ2) is 2.21. The Morgan fingerprint density at radius 3 is 2.75 bits per heavy atom. The van der Waals surface area contributed by atoms with Gasteiger partial charge in [0.2, 0.25) is 0 Å². The Bertz CT molecular complexity index is 105. The van der Waals surface area contributed by atoms with Crippen LogP contribution in [0.2, 0.25) is 0 Å². The van der Waals surface area contributed by atoms with Gasteiger partial charge in [0.15, 0.2) is 0 Å². The molecular formula is C7H12N. The first-order chi connectivity index (χ1) is 3.83. The van der Waals surface area contributed by atoms with E-state index >= 15 is 0 Å². The van der Waals surface area contributed by atoms with Crippen LogP contribution in [0.5, 0.6) is 0 Å². The summed E-state index contributed by atoms with van der Waals surface area (Å²) in [5.41, 5.74) is 1.29. The van der Waals surface area contributed by atoms with Gasteiger partial charge in [0.25, 0.3) is 0 Å². The van der Waals surface area contributed by atoms with Gasteiger partial charge in [-0.05, 0) is 13.3 Å². The van der Waals surface area contributed by atoms with E-state index in [0.717, 1.165) is 0 Å². The zero-order valence-corrected chi connectivity index (χ0v) is 5.44. The summed E-state index contributed by atoms with van der Waals surface area (Å²) in [6.07, 6.45) is 5.53. The Morgan fingerprint density at radius 1 is 1.75 bits per heavy atom. The maximum atomic E-state index is 3.31. The minimum Gasteiger partial charge on any atom is -0.385 e. The van der Waals surface area contributed by atoms with E-state index in [2.05, 4.69) is 31.7 Å². The number of nitrogens with one attached hydrogen (secondary N) is 1. The Kier molecular flexibility index (Phi) is 1.56. The molecule has 0 aliphatic carbocycles. The molecule has 1 nitrogen and oxygen atoms in total. The van der Waals surface area contributed by atoms with Crippen molar-refractivity contribution in [2.45, 2.75) is 26.3 Å². The molecule has 0 aromatic heterocycles. The van der Waals surface area contributed by atoms with Crippen LogP contribution >= 0.6 is 0 Å². The highest BCUT2D eigenvalue weighted by atomic mass is 14.9. The van der Waals surface area contributed by atoms with Crippen molar-refractivity contribution in [3.63, 3.8) is 0 Å². The summed E-state index contributed by atoms with van der Waals surface area (Å²) in [6.45, 7) is 4.27. The molecule has 1 heterocycles. The van der Waals surface area contributed by atoms with E-state index in [-0.39, 0.29) is 0 Å². The highest BCUT2D eigenvalue weighted by molar-refractivity contribution is 5.16. The molecule has 1 unspecified atom stereocenters. The zero-order chi connectivity index (χ0) is 5.98. The van der Waals surface area contributed by atoms with Crippen LogP contribution in [-0.4, -0.2) is 6.04 Å². The Labute approximate surface area is 50.8 Å². The van der Waals surface area contributed by atoms with Gasteiger partial charge in [-0.1, -0.05) is 13.0 Å². The maximum Gasteiger partial charge on any atom is 0.0325 e. The van der Waals surface area contributed by atoms with Gasteiger partial charge in [-0.2, -0.15) is 0 Å². The van der Waals surface area contributed by atoms with Crippen LogP contribution in [0, 0.1) is 6.42 Å². The molecule has 1 aliphatic rings. The van der Waals surface area contributed by atoms with Crippen molar-refractivity contribution >= 4 is 0 Å². The fraction of sp³-hybridized carbons (Fsp3) is 0.571. The van der Waals surface area contributed by atoms with Gasteiger partial charge in [0, 0.05) is 18.2 Å². The summed E-state index contributed by atoms with van der Waals surface area (Å²) < 4.78 is 0. The molecule has 0 aromatic rings. The number of allylic oxidation sites excluding steroid dienone is 1. The fourth-order valence-corrected chi connectivity index (χ4v) is 0.887. The monoisotopic (exact) mass is 110 g/mol. The lowest BCUT2D eigenvalue weighted by atomic mass is 10.2. The van der Waals surface area contributed by atoms with Gasteiger partial charge in [-0.25, -0.2) is 0 Å². The van der Waals surface area contributed by atoms with Gasteiger partial charge in [0.1, 0.15) is 0 Å². The third-order valence-electron chi connectivity index (χ3n) is 1.43. The van der Waals surface area contributed by atoms with Crippen molar-refractivity contribution in [3.05, 3.63) is 18.2 Å². The van der Waals surface area contributed by atoms with Crippen molar-refractivity contribution < 1.29 is 0 Å². The fourth-order valence-electron chi connectivity index (χ4n) is 0.887. The average molecular weight is 110 g/mol. The zero-order valence-electron chi connectivity index (χ0n) is 5.44. The largest absolute Gasteiger partial charge is 0.385 e. The van der Waals surface area contributed by atoms with Crippen molar-refractivity contribution in [2.24, 2.45) is 0 Å². The second-order valence-corrected chi connectivity index (χ2v) is 2.20. The van der Waals surface area contributed by atoms with Crippen LogP contribution in [0.1, 0.15) is 20.3 Å². The lowest BCUT2D eigenvalue weighted by molar-refractivity contribution is 0.656. The SMILES string of the molecule is CCC1[CH]C=C(C)N1. The van der Waals surface area contributed by atoms with Crippen LogP contribution in [0.25, 0.3) is 0 Å². The molecule has 1 aliphatic heterocycles. The predicted molar refractivity (Wildman–Crippen MR) is 35.3 cm³/mol. The third-order valence-corrected chi connectivity index (χ3v) is 1.43. The average Bonchev–Trinajstić information content (AvgIpc) is 2.14. The summed E-state index contributed by atoms with van der Waals surface area (Å²) in [7, 11) is 0. The molecule has 1 rings (SSSR count). The van der Waals surface area contributed by atoms with E-state index in [4.69, 9.17) is 0 Å². The molecule has 1 heteroatoms. The molecule has 0 amide bonds. The Balaban J connectivity index is 2.32. The first-order valence-corrected chi connectivity index (χ1v) is 3.11. The van der Waals surface area contributed by atoms with Crippen molar-refractivity contribution in [1.29, 1.82) is 0 Å². The summed E-state index contributed by atoms with van der Waals surface area (Å²) >= 11 is 0. The van der Waals surface area contributed by atoms with E-state index in [9.17, 15) is 0 Å². The first kappa shape index (κ1) is 5.67. The smallest absolute Gasteiger partial charge is 0.0325 e. The normalized spacial score (nSPS) is 27.2. The van der Waals surface area contributed by atoms with Gasteiger partial charge in [0.05, 0.1) is 0 Å². The van der Waals surface area contributed by atoms with Gasteiger partial charge < -0.3 is 5.32 Å². The number of rotatable bonds is 1. The highest BCUT2D eigenvalue weighted by Gasteiger charge is 2.09. The van der Waals surface area contributed by atoms with Gasteiger partial charge in [-0.3, -0.25) is 0 Å². The van der Waals surface area contributed by atoms with Crippen molar-refractivity contribution in [2.75, 3.05) is 0 Å². The molecule has 1 atom stereocenters. The number of hydrogen-bond donors (Lipinski definition) is 1. The van der Waals surface area contributed by atoms with Crippen molar-refractivity contribution in [1.82, 2.24) is 5.32 Å². The molecule has 0 bridgehead atoms. The summed E-state index contributed by atoms with van der Waals surface area (Å²) in [6, 6.07) is 0.606. The molecule has 0 saturated carbocycles.